The first kappa shape index (κ1) is 11.9. The number of hydrogen-bond acceptors (Lipinski definition) is 2. The molecule has 16 heavy (non-hydrogen) atoms. The Balaban J connectivity index is 2.41. The summed E-state index contributed by atoms with van der Waals surface area (Å²) >= 11 is 17.1. The van der Waals surface area contributed by atoms with E-state index >= 15 is 0 Å². The normalized spacial score (nSPS) is 20.6. The fourth-order valence-corrected chi connectivity index (χ4v) is 2.22. The predicted molar refractivity (Wildman–Crippen MR) is 60.8 cm³/mol. The molecule has 2 rings (SSSR count). The van der Waals surface area contributed by atoms with E-state index in [4.69, 9.17) is 34.8 Å². The lowest BCUT2D eigenvalue weighted by Crippen LogP contribution is -2.25. The Morgan fingerprint density at radius 2 is 2.12 bits per heavy atom. The summed E-state index contributed by atoms with van der Waals surface area (Å²) in [6, 6.07) is 1.09. The highest BCUT2D eigenvalue weighted by Crippen LogP contribution is 2.31. The fraction of sp³-hybridized carbons (Fsp3) is 0.333. The van der Waals surface area contributed by atoms with Crippen LogP contribution in [0, 0.1) is 5.82 Å². The molecule has 1 aromatic heterocycles. The van der Waals surface area contributed by atoms with Crippen molar-refractivity contribution in [3.8, 4) is 0 Å². The Kier molecular flexibility index (Phi) is 3.24. The van der Waals surface area contributed by atoms with Gasteiger partial charge in [0.25, 0.3) is 0 Å². The summed E-state index contributed by atoms with van der Waals surface area (Å²) in [5.41, 5.74) is 0.205. The summed E-state index contributed by atoms with van der Waals surface area (Å²) in [6.07, 6.45) is 0.210. The van der Waals surface area contributed by atoms with Crippen molar-refractivity contribution in [1.29, 1.82) is 0 Å². The van der Waals surface area contributed by atoms with E-state index in [9.17, 15) is 9.18 Å². The van der Waals surface area contributed by atoms with Gasteiger partial charge in [-0.1, -0.05) is 23.2 Å². The van der Waals surface area contributed by atoms with Crippen LogP contribution in [0.25, 0.3) is 0 Å². The van der Waals surface area contributed by atoms with E-state index in [0.717, 1.165) is 6.07 Å². The smallest absolute Gasteiger partial charge is 0.228 e. The molecule has 3 nitrogen and oxygen atoms in total. The van der Waals surface area contributed by atoms with E-state index in [0.29, 0.717) is 6.54 Å². The van der Waals surface area contributed by atoms with Crippen molar-refractivity contribution in [2.45, 2.75) is 11.8 Å². The molecule has 0 saturated carbocycles. The van der Waals surface area contributed by atoms with Gasteiger partial charge in [0.1, 0.15) is 0 Å². The van der Waals surface area contributed by atoms with Gasteiger partial charge in [0.2, 0.25) is 5.91 Å². The first-order valence-electron chi connectivity index (χ1n) is 4.45. The summed E-state index contributed by atoms with van der Waals surface area (Å²) in [7, 11) is 0. The van der Waals surface area contributed by atoms with E-state index < -0.39 is 5.82 Å². The standard InChI is InChI=1S/C9H6Cl3FN2O/c10-4-1-7(16)15(3-4)6-2-5(13)8(11)14-9(6)12/h2,4H,1,3H2. The zero-order valence-corrected chi connectivity index (χ0v) is 10.2. The molecular weight excluding hydrogens is 277 g/mol. The Morgan fingerprint density at radius 1 is 1.44 bits per heavy atom. The van der Waals surface area contributed by atoms with Crippen molar-refractivity contribution in [2.24, 2.45) is 0 Å². The highest BCUT2D eigenvalue weighted by Gasteiger charge is 2.31. The number of anilines is 1. The van der Waals surface area contributed by atoms with Crippen LogP contribution in [-0.4, -0.2) is 22.8 Å². The van der Waals surface area contributed by atoms with Crippen molar-refractivity contribution in [1.82, 2.24) is 4.98 Å². The maximum Gasteiger partial charge on any atom is 0.228 e. The van der Waals surface area contributed by atoms with Crippen LogP contribution in [0.1, 0.15) is 6.42 Å². The van der Waals surface area contributed by atoms with Gasteiger partial charge in [-0.2, -0.15) is 0 Å². The minimum atomic E-state index is -0.716. The molecule has 1 fully saturated rings. The van der Waals surface area contributed by atoms with E-state index in [2.05, 4.69) is 4.98 Å². The van der Waals surface area contributed by atoms with Gasteiger partial charge in [0.15, 0.2) is 16.1 Å². The lowest BCUT2D eigenvalue weighted by molar-refractivity contribution is -0.117. The zero-order valence-electron chi connectivity index (χ0n) is 7.88. The molecule has 0 aliphatic carbocycles. The summed E-state index contributed by atoms with van der Waals surface area (Å²) in [4.78, 5) is 16.4. The number of carbonyl (C=O) groups is 1. The zero-order chi connectivity index (χ0) is 11.9. The molecule has 0 spiro atoms. The van der Waals surface area contributed by atoms with Gasteiger partial charge in [-0.15, -0.1) is 11.6 Å². The SMILES string of the molecule is O=C1CC(Cl)CN1c1cc(F)c(Cl)nc1Cl. The number of aromatic nitrogens is 1. The second-order valence-electron chi connectivity index (χ2n) is 3.38. The number of pyridine rings is 1. The molecule has 0 N–H and O–H groups in total. The van der Waals surface area contributed by atoms with Crippen LogP contribution in [0.2, 0.25) is 10.3 Å². The third-order valence-corrected chi connectivity index (χ3v) is 3.07. The predicted octanol–water partition coefficient (Wildman–Crippen LogP) is 2.87. The molecule has 1 aliphatic heterocycles. The number of amides is 1. The Hall–Kier alpha value is -0.580. The van der Waals surface area contributed by atoms with E-state index in [1.54, 1.807) is 0 Å². The number of rotatable bonds is 1. The molecule has 1 atom stereocenters. The van der Waals surface area contributed by atoms with Crippen molar-refractivity contribution in [2.75, 3.05) is 11.4 Å². The maximum absolute atomic E-state index is 13.2. The third kappa shape index (κ3) is 2.10. The quantitative estimate of drug-likeness (QED) is 0.586. The van der Waals surface area contributed by atoms with Crippen molar-refractivity contribution >= 4 is 46.4 Å². The van der Waals surface area contributed by atoms with E-state index in [1.165, 1.54) is 4.90 Å². The molecule has 0 bridgehead atoms. The summed E-state index contributed by atoms with van der Waals surface area (Å²) in [5, 5.41) is -0.615. The molecule has 1 unspecified atom stereocenters. The Morgan fingerprint density at radius 3 is 2.69 bits per heavy atom. The van der Waals surface area contributed by atoms with Crippen LogP contribution in [0.4, 0.5) is 10.1 Å². The molecule has 7 heteroatoms. The monoisotopic (exact) mass is 282 g/mol. The van der Waals surface area contributed by atoms with Gasteiger partial charge in [-0.25, -0.2) is 9.37 Å². The molecular formula is C9H6Cl3FN2O. The van der Waals surface area contributed by atoms with Gasteiger partial charge in [0, 0.05) is 19.0 Å². The van der Waals surface area contributed by atoms with Crippen molar-refractivity contribution in [3.63, 3.8) is 0 Å². The molecule has 86 valence electrons. The van der Waals surface area contributed by atoms with Crippen molar-refractivity contribution < 1.29 is 9.18 Å². The van der Waals surface area contributed by atoms with Gasteiger partial charge >= 0.3 is 0 Å². The minimum absolute atomic E-state index is 0.00878. The highest BCUT2D eigenvalue weighted by atomic mass is 35.5. The van der Waals surface area contributed by atoms with E-state index in [1.807, 2.05) is 0 Å². The molecule has 1 aromatic rings. The third-order valence-electron chi connectivity index (χ3n) is 2.24. The maximum atomic E-state index is 13.2. The fourth-order valence-electron chi connectivity index (χ4n) is 1.52. The average molecular weight is 284 g/mol. The van der Waals surface area contributed by atoms with Gasteiger partial charge in [-0.05, 0) is 0 Å². The number of halogens is 4. The molecule has 1 aliphatic rings. The lowest BCUT2D eigenvalue weighted by Gasteiger charge is -2.16. The minimum Gasteiger partial charge on any atom is -0.308 e. The molecule has 1 amide bonds. The Bertz CT molecular complexity index is 455. The van der Waals surface area contributed by atoms with Gasteiger partial charge in [-0.3, -0.25) is 4.79 Å². The second kappa shape index (κ2) is 4.35. The largest absolute Gasteiger partial charge is 0.308 e. The number of carbonyl (C=O) groups excluding carboxylic acids is 1. The van der Waals surface area contributed by atoms with E-state index in [-0.39, 0.29) is 33.7 Å². The number of alkyl halides is 1. The lowest BCUT2D eigenvalue weighted by atomic mass is 10.3. The molecule has 0 radical (unpaired) electrons. The van der Waals surface area contributed by atoms with Crippen LogP contribution in [-0.2, 0) is 4.79 Å². The topological polar surface area (TPSA) is 33.2 Å². The summed E-state index contributed by atoms with van der Waals surface area (Å²) in [5.74, 6) is -0.919. The number of nitrogens with zero attached hydrogens (tertiary/aromatic N) is 2. The molecule has 0 aromatic carbocycles. The Labute approximate surface area is 106 Å². The van der Waals surface area contributed by atoms with Crippen LogP contribution in [0.15, 0.2) is 6.07 Å². The second-order valence-corrected chi connectivity index (χ2v) is 4.71. The van der Waals surface area contributed by atoms with Crippen LogP contribution in [0.3, 0.4) is 0 Å². The van der Waals surface area contributed by atoms with Crippen LogP contribution >= 0.6 is 34.8 Å². The van der Waals surface area contributed by atoms with Crippen molar-refractivity contribution in [3.05, 3.63) is 22.2 Å². The molecule has 2 heterocycles. The van der Waals surface area contributed by atoms with Crippen LogP contribution in [0.5, 0.6) is 0 Å². The van der Waals surface area contributed by atoms with Crippen LogP contribution < -0.4 is 4.90 Å². The first-order chi connectivity index (χ1) is 7.49. The molecule has 1 saturated heterocycles. The van der Waals surface area contributed by atoms with Gasteiger partial charge in [0.05, 0.1) is 11.1 Å². The average Bonchev–Trinajstić information content (AvgIpc) is 2.51. The highest BCUT2D eigenvalue weighted by molar-refractivity contribution is 6.35. The first-order valence-corrected chi connectivity index (χ1v) is 5.64. The summed E-state index contributed by atoms with van der Waals surface area (Å²) in [6.45, 7) is 0.295. The van der Waals surface area contributed by atoms with Gasteiger partial charge < -0.3 is 4.90 Å². The summed E-state index contributed by atoms with van der Waals surface area (Å²) < 4.78 is 13.2. The number of hydrogen-bond donors (Lipinski definition) is 0.